The topological polar surface area (TPSA) is 114 Å². The van der Waals surface area contributed by atoms with Crippen molar-refractivity contribution in [2.75, 3.05) is 29.9 Å². The Morgan fingerprint density at radius 2 is 1.95 bits per heavy atom. The molecule has 4 aromatic rings. The van der Waals surface area contributed by atoms with Crippen LogP contribution >= 0.6 is 11.6 Å². The lowest BCUT2D eigenvalue weighted by Crippen LogP contribution is -2.35. The Kier molecular flexibility index (Phi) is 8.50. The zero-order valence-corrected chi connectivity index (χ0v) is 24.2. The summed E-state index contributed by atoms with van der Waals surface area (Å²) in [5.74, 6) is 1.97. The lowest BCUT2D eigenvalue weighted by molar-refractivity contribution is -0.115. The van der Waals surface area contributed by atoms with Gasteiger partial charge >= 0.3 is 6.09 Å². The number of amides is 2. The quantitative estimate of drug-likeness (QED) is 0.249. The Morgan fingerprint density at radius 1 is 1.14 bits per heavy atom. The maximum absolute atomic E-state index is 13.9. The molecular formula is C31H31ClFN7O3. The van der Waals surface area contributed by atoms with Crippen molar-refractivity contribution in [2.24, 2.45) is 0 Å². The number of fused-ring (bicyclic) bond motifs is 1. The molecule has 10 nitrogen and oxygen atoms in total. The van der Waals surface area contributed by atoms with Crippen LogP contribution in [-0.2, 0) is 29.1 Å². The molecule has 2 aliphatic heterocycles. The van der Waals surface area contributed by atoms with E-state index in [9.17, 15) is 14.0 Å². The number of aromatic nitrogens is 4. The van der Waals surface area contributed by atoms with Crippen LogP contribution in [0.1, 0.15) is 42.1 Å². The average molecular weight is 604 g/mol. The van der Waals surface area contributed by atoms with Gasteiger partial charge in [-0.3, -0.25) is 4.79 Å². The number of rotatable bonds is 9. The molecule has 2 aromatic heterocycles. The van der Waals surface area contributed by atoms with Gasteiger partial charge in [0.15, 0.2) is 0 Å². The highest BCUT2D eigenvalue weighted by Crippen LogP contribution is 2.35. The van der Waals surface area contributed by atoms with Crippen molar-refractivity contribution in [3.63, 3.8) is 0 Å². The molecule has 2 aromatic carbocycles. The van der Waals surface area contributed by atoms with Gasteiger partial charge in [0.1, 0.15) is 36.2 Å². The van der Waals surface area contributed by atoms with Crippen LogP contribution in [0.15, 0.2) is 61.1 Å². The number of benzene rings is 2. The van der Waals surface area contributed by atoms with Crippen molar-refractivity contribution in [2.45, 2.75) is 44.8 Å². The highest BCUT2D eigenvalue weighted by atomic mass is 35.5. The Bertz CT molecular complexity index is 1620. The maximum atomic E-state index is 13.9. The van der Waals surface area contributed by atoms with Gasteiger partial charge in [-0.1, -0.05) is 41.9 Å². The number of imidazole rings is 1. The van der Waals surface area contributed by atoms with Gasteiger partial charge in [0.2, 0.25) is 5.91 Å². The van der Waals surface area contributed by atoms with Gasteiger partial charge < -0.3 is 24.8 Å². The third kappa shape index (κ3) is 6.61. The molecule has 12 heteroatoms. The summed E-state index contributed by atoms with van der Waals surface area (Å²) in [5.41, 5.74) is 3.22. The molecule has 0 atom stereocenters. The van der Waals surface area contributed by atoms with E-state index in [0.29, 0.717) is 31.0 Å². The van der Waals surface area contributed by atoms with Crippen LogP contribution in [0.5, 0.6) is 0 Å². The Balaban J connectivity index is 1.12. The number of carbonyl (C=O) groups excluding carboxylic acids is 2. The van der Waals surface area contributed by atoms with Gasteiger partial charge in [-0.2, -0.15) is 0 Å². The largest absolute Gasteiger partial charge is 0.445 e. The number of carbonyl (C=O) groups is 2. The van der Waals surface area contributed by atoms with Crippen molar-refractivity contribution in [1.29, 1.82) is 0 Å². The van der Waals surface area contributed by atoms with E-state index in [1.807, 2.05) is 36.5 Å². The van der Waals surface area contributed by atoms with E-state index in [1.54, 1.807) is 12.1 Å². The van der Waals surface area contributed by atoms with Crippen LogP contribution in [0.25, 0.3) is 11.3 Å². The second-order valence-corrected chi connectivity index (χ2v) is 11.1. The predicted octanol–water partition coefficient (Wildman–Crippen LogP) is 5.33. The van der Waals surface area contributed by atoms with Gasteiger partial charge in [-0.05, 0) is 43.0 Å². The molecule has 0 saturated carbocycles. The van der Waals surface area contributed by atoms with Gasteiger partial charge in [0, 0.05) is 49.4 Å². The van der Waals surface area contributed by atoms with Gasteiger partial charge in [0.05, 0.1) is 17.1 Å². The molecule has 0 spiro atoms. The van der Waals surface area contributed by atoms with Crippen LogP contribution in [-0.4, -0.2) is 51.2 Å². The zero-order valence-electron chi connectivity index (χ0n) is 23.4. The van der Waals surface area contributed by atoms with E-state index in [1.165, 1.54) is 12.4 Å². The third-order valence-corrected chi connectivity index (χ3v) is 8.05. The first-order valence-electron chi connectivity index (χ1n) is 14.3. The summed E-state index contributed by atoms with van der Waals surface area (Å²) in [6, 6.07) is 14.1. The summed E-state index contributed by atoms with van der Waals surface area (Å²) in [4.78, 5) is 40.0. The first kappa shape index (κ1) is 28.6. The number of nitrogens with zero attached hydrogens (tertiary/aromatic N) is 5. The molecule has 43 heavy (non-hydrogen) atoms. The van der Waals surface area contributed by atoms with E-state index in [-0.39, 0.29) is 29.9 Å². The molecule has 2 amide bonds. The summed E-state index contributed by atoms with van der Waals surface area (Å²) in [6.45, 7) is 2.78. The number of halogens is 2. The molecule has 0 unspecified atom stereocenters. The average Bonchev–Trinajstić information content (AvgIpc) is 3.63. The van der Waals surface area contributed by atoms with Crippen LogP contribution < -0.4 is 15.5 Å². The molecule has 6 rings (SSSR count). The normalized spacial score (nSPS) is 14.8. The number of hydrogen-bond acceptors (Lipinski definition) is 7. The minimum Gasteiger partial charge on any atom is -0.445 e. The maximum Gasteiger partial charge on any atom is 0.407 e. The van der Waals surface area contributed by atoms with Gasteiger partial charge in [-0.25, -0.2) is 24.1 Å². The summed E-state index contributed by atoms with van der Waals surface area (Å²) < 4.78 is 21.3. The van der Waals surface area contributed by atoms with Crippen molar-refractivity contribution >= 4 is 35.2 Å². The molecule has 2 aliphatic rings. The Hall–Kier alpha value is -4.51. The second-order valence-electron chi connectivity index (χ2n) is 10.7. The Labute approximate surface area is 253 Å². The molecule has 222 valence electrons. The number of aryl methyl sites for hydroxylation is 1. The van der Waals surface area contributed by atoms with Crippen molar-refractivity contribution in [3.8, 4) is 11.3 Å². The lowest BCUT2D eigenvalue weighted by Gasteiger charge is -2.33. The fraction of sp³-hybridized carbons (Fsp3) is 0.323. The van der Waals surface area contributed by atoms with E-state index in [4.69, 9.17) is 21.3 Å². The number of hydrogen-bond donors (Lipinski definition) is 2. The van der Waals surface area contributed by atoms with Crippen LogP contribution in [0.2, 0.25) is 5.02 Å². The highest BCUT2D eigenvalue weighted by molar-refractivity contribution is 6.31. The monoisotopic (exact) mass is 603 g/mol. The first-order valence-corrected chi connectivity index (χ1v) is 14.7. The summed E-state index contributed by atoms with van der Waals surface area (Å²) in [5, 5.41) is 5.66. The molecule has 1 saturated heterocycles. The highest BCUT2D eigenvalue weighted by Gasteiger charge is 2.30. The smallest absolute Gasteiger partial charge is 0.407 e. The molecule has 4 heterocycles. The van der Waals surface area contributed by atoms with Gasteiger partial charge in [0.25, 0.3) is 0 Å². The minimum atomic E-state index is -0.476. The summed E-state index contributed by atoms with van der Waals surface area (Å²) in [7, 11) is 0. The minimum absolute atomic E-state index is 0.0467. The van der Waals surface area contributed by atoms with Crippen LogP contribution in [0.3, 0.4) is 0 Å². The molecule has 0 radical (unpaired) electrons. The first-order chi connectivity index (χ1) is 20.9. The molecule has 0 bridgehead atoms. The number of nitrogens with one attached hydrogen (secondary N) is 2. The number of piperidine rings is 1. The fourth-order valence-electron chi connectivity index (χ4n) is 5.58. The number of ether oxygens (including phenoxy) is 1. The lowest BCUT2D eigenvalue weighted by atomic mass is 9.95. The zero-order chi connectivity index (χ0) is 29.8. The van der Waals surface area contributed by atoms with Crippen LogP contribution in [0.4, 0.5) is 20.8 Å². The third-order valence-electron chi connectivity index (χ3n) is 7.76. The van der Waals surface area contributed by atoms with Crippen LogP contribution in [0, 0.1) is 5.82 Å². The summed E-state index contributed by atoms with van der Waals surface area (Å²) in [6.07, 6.45) is 5.62. The Morgan fingerprint density at radius 3 is 2.74 bits per heavy atom. The van der Waals surface area contributed by atoms with E-state index in [2.05, 4.69) is 30.1 Å². The van der Waals surface area contributed by atoms with Crippen molar-refractivity contribution in [1.82, 2.24) is 24.8 Å². The van der Waals surface area contributed by atoms with E-state index >= 15 is 0 Å². The second kappa shape index (κ2) is 12.8. The van der Waals surface area contributed by atoms with E-state index in [0.717, 1.165) is 54.3 Å². The molecular weight excluding hydrogens is 573 g/mol. The van der Waals surface area contributed by atoms with E-state index < -0.39 is 11.9 Å². The fourth-order valence-corrected chi connectivity index (χ4v) is 5.76. The molecule has 1 fully saturated rings. The van der Waals surface area contributed by atoms with Crippen molar-refractivity contribution in [3.05, 3.63) is 88.8 Å². The number of anilines is 2. The molecule has 0 aliphatic carbocycles. The predicted molar refractivity (Wildman–Crippen MR) is 160 cm³/mol. The standard InChI is InChI=1S/C31H31ClFN7O3/c32-24-15-22(7-8-25(24)33)26-17-40(12-4-11-34-31(42)43-18-20-5-2-1-3-6-20)29(37-26)21-9-13-39(14-10-21)30-23-16-27(41)38-28(23)35-19-36-30/h1-3,5-8,15,17,19,21H,4,9-14,16,18H2,(H,34,42)(H,35,36,38,41). The molecule has 2 N–H and O–H groups in total. The SMILES string of the molecule is O=C1Cc2c(ncnc2N2CCC(c3nc(-c4ccc(F)c(Cl)c4)cn3CCCNC(=O)OCc3ccccc3)CC2)N1. The van der Waals surface area contributed by atoms with Gasteiger partial charge in [-0.15, -0.1) is 0 Å². The summed E-state index contributed by atoms with van der Waals surface area (Å²) >= 11 is 6.08. The number of alkyl carbamates (subject to hydrolysis) is 1. The van der Waals surface area contributed by atoms with Crippen molar-refractivity contribution < 1.29 is 18.7 Å².